The van der Waals surface area contributed by atoms with Gasteiger partial charge in [-0.15, -0.1) is 0 Å². The molecule has 178 valence electrons. The Bertz CT molecular complexity index is 1150. The number of carbonyl (C=O) groups excluding carboxylic acids is 1. The van der Waals surface area contributed by atoms with Crippen LogP contribution in [0.25, 0.3) is 10.9 Å². The first kappa shape index (κ1) is 22.4. The van der Waals surface area contributed by atoms with E-state index in [4.69, 9.17) is 4.98 Å². The number of fused-ring (bicyclic) bond motifs is 1. The highest BCUT2D eigenvalue weighted by atomic mass is 16.3. The van der Waals surface area contributed by atoms with Gasteiger partial charge in [-0.05, 0) is 50.8 Å². The minimum absolute atomic E-state index is 0.0401. The highest BCUT2D eigenvalue weighted by Gasteiger charge is 2.27. The van der Waals surface area contributed by atoms with E-state index in [0.29, 0.717) is 31.3 Å². The van der Waals surface area contributed by atoms with Crippen molar-refractivity contribution in [1.82, 2.24) is 25.3 Å². The summed E-state index contributed by atoms with van der Waals surface area (Å²) in [6.07, 6.45) is 8.90. The third-order valence-corrected chi connectivity index (χ3v) is 6.38. The molecule has 0 spiro atoms. The smallest absolute Gasteiger partial charge is 0.241 e. The number of anilines is 4. The molecule has 2 atom stereocenters. The van der Waals surface area contributed by atoms with E-state index >= 15 is 0 Å². The Morgan fingerprint density at radius 3 is 2.88 bits per heavy atom. The second-order valence-electron chi connectivity index (χ2n) is 8.94. The number of hydrogen-bond acceptors (Lipinski definition) is 9. The van der Waals surface area contributed by atoms with Crippen molar-refractivity contribution in [2.75, 3.05) is 41.3 Å². The molecule has 1 unspecified atom stereocenters. The maximum Gasteiger partial charge on any atom is 0.241 e. The van der Waals surface area contributed by atoms with Crippen LogP contribution in [0.1, 0.15) is 32.6 Å². The molecule has 3 N–H and O–H groups in total. The highest BCUT2D eigenvalue weighted by Crippen LogP contribution is 2.31. The second-order valence-corrected chi connectivity index (χ2v) is 8.94. The van der Waals surface area contributed by atoms with Crippen LogP contribution in [0.3, 0.4) is 0 Å². The lowest BCUT2D eigenvalue weighted by Gasteiger charge is -2.37. The van der Waals surface area contributed by atoms with E-state index in [1.54, 1.807) is 23.5 Å². The molecule has 0 radical (unpaired) electrons. The van der Waals surface area contributed by atoms with Crippen LogP contribution in [0.2, 0.25) is 0 Å². The van der Waals surface area contributed by atoms with E-state index in [9.17, 15) is 9.90 Å². The molecule has 34 heavy (non-hydrogen) atoms. The van der Waals surface area contributed by atoms with Crippen molar-refractivity contribution >= 4 is 40.1 Å². The Balaban J connectivity index is 1.39. The molecule has 0 aromatic carbocycles. The van der Waals surface area contributed by atoms with Gasteiger partial charge in [-0.3, -0.25) is 4.79 Å². The first-order chi connectivity index (χ1) is 16.6. The van der Waals surface area contributed by atoms with Gasteiger partial charge in [0.1, 0.15) is 11.3 Å². The summed E-state index contributed by atoms with van der Waals surface area (Å²) in [6, 6.07) is 5.85. The van der Waals surface area contributed by atoms with Crippen LogP contribution in [0.5, 0.6) is 0 Å². The number of carbonyl (C=O) groups is 1. The summed E-state index contributed by atoms with van der Waals surface area (Å²) in [5.74, 6) is 1.90. The number of piperazine rings is 1. The first-order valence-electron chi connectivity index (χ1n) is 11.9. The van der Waals surface area contributed by atoms with Gasteiger partial charge in [0.25, 0.3) is 0 Å². The third-order valence-electron chi connectivity index (χ3n) is 6.38. The summed E-state index contributed by atoms with van der Waals surface area (Å²) in [7, 11) is 0. The van der Waals surface area contributed by atoms with Gasteiger partial charge in [0, 0.05) is 43.5 Å². The van der Waals surface area contributed by atoms with Crippen molar-refractivity contribution in [2.45, 2.75) is 44.8 Å². The zero-order valence-corrected chi connectivity index (χ0v) is 19.3. The molecule has 2 fully saturated rings. The molecule has 2 aliphatic rings. The van der Waals surface area contributed by atoms with E-state index in [-0.39, 0.29) is 18.1 Å². The fraction of sp³-hybridized carbons (Fsp3) is 0.458. The number of nitrogens with one attached hydrogen (secondary N) is 2. The maximum absolute atomic E-state index is 12.1. The number of amides is 1. The summed E-state index contributed by atoms with van der Waals surface area (Å²) < 4.78 is 0. The number of rotatable bonds is 6. The molecule has 0 aliphatic carbocycles. The molecule has 3 aromatic rings. The number of hydrogen-bond donors (Lipinski definition) is 3. The fourth-order valence-corrected chi connectivity index (χ4v) is 4.74. The van der Waals surface area contributed by atoms with E-state index < -0.39 is 0 Å². The van der Waals surface area contributed by atoms with E-state index in [2.05, 4.69) is 30.5 Å². The molecule has 5 heterocycles. The van der Waals surface area contributed by atoms with Crippen molar-refractivity contribution in [1.29, 1.82) is 0 Å². The largest absolute Gasteiger partial charge is 0.393 e. The van der Waals surface area contributed by atoms with E-state index in [1.807, 2.05) is 25.1 Å². The fourth-order valence-electron chi connectivity index (χ4n) is 4.74. The maximum atomic E-state index is 12.1. The second kappa shape index (κ2) is 9.86. The van der Waals surface area contributed by atoms with Crippen LogP contribution < -0.4 is 20.4 Å². The Morgan fingerprint density at radius 1 is 1.18 bits per heavy atom. The monoisotopic (exact) mass is 462 g/mol. The molecule has 3 aromatic heterocycles. The molecule has 2 saturated heterocycles. The number of nitrogens with zero attached hydrogens (tertiary/aromatic N) is 6. The van der Waals surface area contributed by atoms with Crippen molar-refractivity contribution in [3.05, 3.63) is 36.8 Å². The predicted octanol–water partition coefficient (Wildman–Crippen LogP) is 2.23. The van der Waals surface area contributed by atoms with E-state index in [0.717, 1.165) is 54.8 Å². The molecule has 10 nitrogen and oxygen atoms in total. The van der Waals surface area contributed by atoms with Crippen LogP contribution in [0, 0.1) is 0 Å². The summed E-state index contributed by atoms with van der Waals surface area (Å²) >= 11 is 0. The molecule has 5 rings (SSSR count). The minimum Gasteiger partial charge on any atom is -0.393 e. The lowest BCUT2D eigenvalue weighted by Crippen LogP contribution is -2.48. The predicted molar refractivity (Wildman–Crippen MR) is 131 cm³/mol. The van der Waals surface area contributed by atoms with Gasteiger partial charge in [0.15, 0.2) is 5.82 Å². The molecule has 10 heteroatoms. The van der Waals surface area contributed by atoms with Gasteiger partial charge in [0.05, 0.1) is 24.5 Å². The average molecular weight is 463 g/mol. The normalized spacial score (nSPS) is 19.9. The van der Waals surface area contributed by atoms with Crippen LogP contribution in [0.15, 0.2) is 36.8 Å². The lowest BCUT2D eigenvalue weighted by molar-refractivity contribution is -0.118. The van der Waals surface area contributed by atoms with Crippen molar-refractivity contribution < 1.29 is 9.90 Å². The Morgan fingerprint density at radius 2 is 2.09 bits per heavy atom. The van der Waals surface area contributed by atoms with Crippen molar-refractivity contribution in [3.8, 4) is 0 Å². The lowest BCUT2D eigenvalue weighted by atomic mass is 9.97. The molecule has 2 aliphatic heterocycles. The topological polar surface area (TPSA) is 119 Å². The van der Waals surface area contributed by atoms with Crippen LogP contribution in [0.4, 0.5) is 23.3 Å². The summed E-state index contributed by atoms with van der Waals surface area (Å²) in [5.41, 5.74) is 1.55. The van der Waals surface area contributed by atoms with Gasteiger partial charge in [0.2, 0.25) is 11.9 Å². The quantitative estimate of drug-likeness (QED) is 0.506. The van der Waals surface area contributed by atoms with Crippen molar-refractivity contribution in [2.24, 2.45) is 0 Å². The Hall–Kier alpha value is -3.37. The number of aliphatic hydroxyl groups is 1. The molecule has 0 bridgehead atoms. The highest BCUT2D eigenvalue weighted by molar-refractivity contribution is 5.95. The summed E-state index contributed by atoms with van der Waals surface area (Å²) in [6.45, 7) is 4.47. The van der Waals surface area contributed by atoms with Crippen molar-refractivity contribution in [3.63, 3.8) is 0 Å². The molecule has 0 saturated carbocycles. The minimum atomic E-state index is -0.363. The number of pyridine rings is 2. The zero-order chi connectivity index (χ0) is 23.5. The van der Waals surface area contributed by atoms with Gasteiger partial charge in [-0.1, -0.05) is 0 Å². The molecular formula is C24H30N8O2. The van der Waals surface area contributed by atoms with Gasteiger partial charge >= 0.3 is 0 Å². The zero-order valence-electron chi connectivity index (χ0n) is 19.3. The average Bonchev–Trinajstić information content (AvgIpc) is 2.85. The third kappa shape index (κ3) is 4.78. The standard InChI is InChI=1S/C24H30N8O2/c1-16(33)12-18-4-2-3-10-32(18)23-22-17(7-8-26-23)13-28-24(30-22)29-20-6-5-19(14-27-20)31-11-9-25-15-21(31)34/h5-8,13-14,16,18,25,33H,2-4,9-12,15H2,1H3,(H,27,28,29,30)/t16-,18?/m1/s1. The number of aromatic nitrogens is 4. The van der Waals surface area contributed by atoms with Crippen LogP contribution >= 0.6 is 0 Å². The van der Waals surface area contributed by atoms with Gasteiger partial charge in [-0.25, -0.2) is 19.9 Å². The Kier molecular flexibility index (Phi) is 6.50. The molecule has 1 amide bonds. The number of aliphatic hydroxyl groups excluding tert-OH is 1. The number of piperidine rings is 1. The Labute approximate surface area is 198 Å². The van der Waals surface area contributed by atoms with Gasteiger partial charge in [-0.2, -0.15) is 0 Å². The molecular weight excluding hydrogens is 432 g/mol. The van der Waals surface area contributed by atoms with Crippen LogP contribution in [-0.2, 0) is 4.79 Å². The van der Waals surface area contributed by atoms with Crippen LogP contribution in [-0.4, -0.2) is 69.3 Å². The SMILES string of the molecule is C[C@@H](O)CC1CCCCN1c1nccc2cnc(Nc3ccc(N4CCNCC4=O)cn3)nc12. The van der Waals surface area contributed by atoms with Gasteiger partial charge < -0.3 is 25.5 Å². The summed E-state index contributed by atoms with van der Waals surface area (Å²) in [4.78, 5) is 34.5. The summed E-state index contributed by atoms with van der Waals surface area (Å²) in [5, 5.41) is 17.2. The first-order valence-corrected chi connectivity index (χ1v) is 11.9. The van der Waals surface area contributed by atoms with E-state index in [1.165, 1.54) is 0 Å².